The van der Waals surface area contributed by atoms with Gasteiger partial charge in [0.25, 0.3) is 0 Å². The summed E-state index contributed by atoms with van der Waals surface area (Å²) in [5, 5.41) is 24.1. The van der Waals surface area contributed by atoms with Crippen molar-refractivity contribution < 1.29 is 14.4 Å². The molecular weight excluding hydrogens is 380 g/mol. The van der Waals surface area contributed by atoms with Crippen LogP contribution in [0.2, 0.25) is 0 Å². The maximum absolute atomic E-state index is 10.6. The van der Waals surface area contributed by atoms with E-state index in [-0.39, 0.29) is 6.61 Å². The lowest BCUT2D eigenvalue weighted by molar-refractivity contribution is 0.0121. The Hall–Kier alpha value is -2.19. The largest absolute Gasteiger partial charge is 0.491 e. The molecule has 5 nitrogen and oxygen atoms in total. The standard InChI is InChI=1S/C20H20N2O3S2/c1-20(23,12-21-10-14-5-7-26-11-14)13-24-16-4-2-3-15(9-16)18-19-17(25-22-18)6-8-27-19/h2-9,11,21,23H,10,12-13H2,1H3. The van der Waals surface area contributed by atoms with Crippen molar-refractivity contribution in [3.05, 3.63) is 58.1 Å². The number of fused-ring (bicyclic) bond motifs is 1. The van der Waals surface area contributed by atoms with E-state index in [1.807, 2.05) is 41.1 Å². The summed E-state index contributed by atoms with van der Waals surface area (Å²) in [6.07, 6.45) is 0. The quantitative estimate of drug-likeness (QED) is 0.455. The second-order valence-corrected chi connectivity index (χ2v) is 8.39. The molecule has 0 saturated carbocycles. The Morgan fingerprint density at radius 3 is 3.04 bits per heavy atom. The monoisotopic (exact) mass is 400 g/mol. The number of hydrogen-bond donors (Lipinski definition) is 2. The van der Waals surface area contributed by atoms with Crippen molar-refractivity contribution in [2.75, 3.05) is 13.2 Å². The second kappa shape index (κ2) is 7.82. The van der Waals surface area contributed by atoms with Crippen LogP contribution in [0, 0.1) is 0 Å². The van der Waals surface area contributed by atoms with Gasteiger partial charge in [-0.25, -0.2) is 0 Å². The van der Waals surface area contributed by atoms with E-state index < -0.39 is 5.60 Å². The average Bonchev–Trinajstić information content (AvgIpc) is 3.38. The highest BCUT2D eigenvalue weighted by atomic mass is 32.1. The first-order valence-electron chi connectivity index (χ1n) is 8.61. The molecule has 0 aliphatic rings. The third-order valence-electron chi connectivity index (χ3n) is 4.15. The molecule has 140 valence electrons. The highest BCUT2D eigenvalue weighted by Crippen LogP contribution is 2.33. The van der Waals surface area contributed by atoms with Gasteiger partial charge in [-0.2, -0.15) is 11.3 Å². The minimum atomic E-state index is -0.971. The topological polar surface area (TPSA) is 67.5 Å². The Bertz CT molecular complexity index is 1010. The molecule has 0 amide bonds. The normalized spacial score (nSPS) is 13.7. The lowest BCUT2D eigenvalue weighted by Gasteiger charge is -2.24. The van der Waals surface area contributed by atoms with E-state index in [9.17, 15) is 5.11 Å². The van der Waals surface area contributed by atoms with Gasteiger partial charge in [-0.15, -0.1) is 11.3 Å². The number of ether oxygens (including phenoxy) is 1. The summed E-state index contributed by atoms with van der Waals surface area (Å²) in [5.74, 6) is 0.693. The van der Waals surface area contributed by atoms with Crippen LogP contribution in [0.15, 0.2) is 57.1 Å². The van der Waals surface area contributed by atoms with E-state index in [0.717, 1.165) is 28.1 Å². The van der Waals surface area contributed by atoms with E-state index in [0.29, 0.717) is 12.3 Å². The zero-order valence-electron chi connectivity index (χ0n) is 14.8. The van der Waals surface area contributed by atoms with Gasteiger partial charge in [-0.3, -0.25) is 0 Å². The van der Waals surface area contributed by atoms with Crippen LogP contribution in [0.1, 0.15) is 12.5 Å². The molecule has 0 aliphatic carbocycles. The molecule has 1 unspecified atom stereocenters. The predicted molar refractivity (Wildman–Crippen MR) is 109 cm³/mol. The van der Waals surface area contributed by atoms with Crippen molar-refractivity contribution in [2.24, 2.45) is 0 Å². The van der Waals surface area contributed by atoms with E-state index in [4.69, 9.17) is 9.26 Å². The van der Waals surface area contributed by atoms with Gasteiger partial charge in [0, 0.05) is 18.7 Å². The summed E-state index contributed by atoms with van der Waals surface area (Å²) in [7, 11) is 0. The molecule has 3 heterocycles. The Morgan fingerprint density at radius 1 is 1.26 bits per heavy atom. The Kier molecular flexibility index (Phi) is 5.27. The van der Waals surface area contributed by atoms with Crippen molar-refractivity contribution in [1.29, 1.82) is 0 Å². The summed E-state index contributed by atoms with van der Waals surface area (Å²) in [6, 6.07) is 11.7. The molecule has 1 aromatic carbocycles. The zero-order valence-corrected chi connectivity index (χ0v) is 16.5. The summed E-state index contributed by atoms with van der Waals surface area (Å²) in [4.78, 5) is 0. The van der Waals surface area contributed by atoms with Crippen LogP contribution in [-0.2, 0) is 6.54 Å². The van der Waals surface area contributed by atoms with Gasteiger partial charge in [0.15, 0.2) is 5.58 Å². The van der Waals surface area contributed by atoms with Crippen LogP contribution in [0.25, 0.3) is 21.5 Å². The van der Waals surface area contributed by atoms with Gasteiger partial charge in [-0.1, -0.05) is 17.3 Å². The van der Waals surface area contributed by atoms with E-state index in [1.165, 1.54) is 5.56 Å². The minimum absolute atomic E-state index is 0.195. The molecule has 1 atom stereocenters. The summed E-state index contributed by atoms with van der Waals surface area (Å²) >= 11 is 3.27. The summed E-state index contributed by atoms with van der Waals surface area (Å²) in [6.45, 7) is 3.14. The molecule has 0 bridgehead atoms. The fourth-order valence-electron chi connectivity index (χ4n) is 2.75. The van der Waals surface area contributed by atoms with Crippen LogP contribution in [0.5, 0.6) is 5.75 Å². The SMILES string of the molecule is CC(O)(CNCc1ccsc1)COc1cccc(-c2noc3ccsc23)c1. The van der Waals surface area contributed by atoms with Crippen molar-refractivity contribution >= 4 is 33.0 Å². The highest BCUT2D eigenvalue weighted by Gasteiger charge is 2.21. The van der Waals surface area contributed by atoms with Gasteiger partial charge in [0.1, 0.15) is 28.4 Å². The van der Waals surface area contributed by atoms with Crippen molar-refractivity contribution in [3.63, 3.8) is 0 Å². The maximum Gasteiger partial charge on any atom is 0.178 e. The maximum atomic E-state index is 10.6. The number of benzene rings is 1. The number of nitrogens with one attached hydrogen (secondary N) is 1. The second-order valence-electron chi connectivity index (χ2n) is 6.69. The molecule has 27 heavy (non-hydrogen) atoms. The Morgan fingerprint density at radius 2 is 2.19 bits per heavy atom. The molecule has 3 aromatic heterocycles. The van der Waals surface area contributed by atoms with Gasteiger partial charge in [0.2, 0.25) is 0 Å². The first-order valence-corrected chi connectivity index (χ1v) is 10.4. The van der Waals surface area contributed by atoms with Crippen molar-refractivity contribution in [2.45, 2.75) is 19.1 Å². The minimum Gasteiger partial charge on any atom is -0.491 e. The van der Waals surface area contributed by atoms with Crippen LogP contribution >= 0.6 is 22.7 Å². The highest BCUT2D eigenvalue weighted by molar-refractivity contribution is 7.17. The Balaban J connectivity index is 1.37. The molecule has 4 rings (SSSR count). The van der Waals surface area contributed by atoms with Gasteiger partial charge >= 0.3 is 0 Å². The number of hydrogen-bond acceptors (Lipinski definition) is 7. The fourth-order valence-corrected chi connectivity index (χ4v) is 4.24. The summed E-state index contributed by atoms with van der Waals surface area (Å²) in [5.41, 5.74) is 2.79. The number of rotatable bonds is 8. The Labute approximate surface area is 165 Å². The fraction of sp³-hybridized carbons (Fsp3) is 0.250. The first-order chi connectivity index (χ1) is 13.1. The van der Waals surface area contributed by atoms with Crippen molar-refractivity contribution in [3.8, 4) is 17.0 Å². The van der Waals surface area contributed by atoms with E-state index >= 15 is 0 Å². The molecule has 0 saturated heterocycles. The number of aliphatic hydroxyl groups is 1. The van der Waals surface area contributed by atoms with Crippen LogP contribution < -0.4 is 10.1 Å². The van der Waals surface area contributed by atoms with Gasteiger partial charge in [0.05, 0.1) is 0 Å². The van der Waals surface area contributed by atoms with E-state index in [1.54, 1.807) is 29.6 Å². The molecule has 0 fully saturated rings. The average molecular weight is 401 g/mol. The summed E-state index contributed by atoms with van der Waals surface area (Å²) < 4.78 is 12.2. The van der Waals surface area contributed by atoms with Crippen LogP contribution in [-0.4, -0.2) is 29.0 Å². The van der Waals surface area contributed by atoms with E-state index in [2.05, 4.69) is 21.9 Å². The molecule has 4 aromatic rings. The van der Waals surface area contributed by atoms with Crippen LogP contribution in [0.3, 0.4) is 0 Å². The molecule has 2 N–H and O–H groups in total. The number of thiophene rings is 2. The molecule has 0 spiro atoms. The van der Waals surface area contributed by atoms with Gasteiger partial charge < -0.3 is 19.7 Å². The van der Waals surface area contributed by atoms with Gasteiger partial charge in [-0.05, 0) is 52.9 Å². The zero-order chi connectivity index (χ0) is 18.7. The first kappa shape index (κ1) is 18.2. The number of nitrogens with zero attached hydrogens (tertiary/aromatic N) is 1. The smallest absolute Gasteiger partial charge is 0.178 e. The lowest BCUT2D eigenvalue weighted by Crippen LogP contribution is -2.42. The number of aromatic nitrogens is 1. The molecular formula is C20H20N2O3S2. The third kappa shape index (κ3) is 4.39. The molecule has 7 heteroatoms. The third-order valence-corrected chi connectivity index (χ3v) is 5.79. The predicted octanol–water partition coefficient (Wildman–Crippen LogP) is 4.54. The van der Waals surface area contributed by atoms with Crippen LogP contribution in [0.4, 0.5) is 0 Å². The molecule has 0 aliphatic heterocycles. The van der Waals surface area contributed by atoms with Crippen molar-refractivity contribution in [1.82, 2.24) is 10.5 Å². The lowest BCUT2D eigenvalue weighted by atomic mass is 10.1. The molecule has 0 radical (unpaired) electrons.